The Hall–Kier alpha value is -1.39. The molecule has 0 bridgehead atoms. The fourth-order valence-electron chi connectivity index (χ4n) is 3.31. The van der Waals surface area contributed by atoms with E-state index in [1.54, 1.807) is 0 Å². The Bertz CT molecular complexity index is 439. The third-order valence-electron chi connectivity index (χ3n) is 4.28. The molecule has 1 saturated carbocycles. The maximum Gasteiger partial charge on any atom is 0.224 e. The highest BCUT2D eigenvalue weighted by Crippen LogP contribution is 2.39. The average Bonchev–Trinajstić information content (AvgIpc) is 2.98. The Balaban J connectivity index is 1.76. The van der Waals surface area contributed by atoms with Gasteiger partial charge < -0.3 is 10.2 Å². The second-order valence-electron chi connectivity index (χ2n) is 5.65. The summed E-state index contributed by atoms with van der Waals surface area (Å²) in [4.78, 5) is 10.4. The fraction of sp³-hybridized carbons (Fsp3) is 0.714. The summed E-state index contributed by atoms with van der Waals surface area (Å²) < 4.78 is 13.9. The predicted octanol–water partition coefficient (Wildman–Crippen LogP) is 2.67. The number of fused-ring (bicyclic) bond motifs is 1. The van der Waals surface area contributed by atoms with Gasteiger partial charge in [-0.05, 0) is 31.1 Å². The molecule has 2 heterocycles. The van der Waals surface area contributed by atoms with Gasteiger partial charge in [-0.3, -0.25) is 0 Å². The van der Waals surface area contributed by atoms with Crippen molar-refractivity contribution in [2.24, 2.45) is 11.8 Å². The van der Waals surface area contributed by atoms with Crippen molar-refractivity contribution in [1.82, 2.24) is 9.97 Å². The predicted molar refractivity (Wildman–Crippen MR) is 73.8 cm³/mol. The van der Waals surface area contributed by atoms with Crippen molar-refractivity contribution < 1.29 is 4.39 Å². The molecule has 2 aliphatic rings. The van der Waals surface area contributed by atoms with Gasteiger partial charge >= 0.3 is 0 Å². The minimum Gasteiger partial charge on any atom is -0.354 e. The van der Waals surface area contributed by atoms with Crippen molar-refractivity contribution in [2.75, 3.05) is 29.9 Å². The molecular weight excluding hydrogens is 243 g/mol. The van der Waals surface area contributed by atoms with Crippen molar-refractivity contribution in [3.05, 3.63) is 12.0 Å². The van der Waals surface area contributed by atoms with Gasteiger partial charge in [-0.1, -0.05) is 13.3 Å². The highest BCUT2D eigenvalue weighted by atomic mass is 19.1. The number of hydrogen-bond donors (Lipinski definition) is 1. The van der Waals surface area contributed by atoms with Crippen molar-refractivity contribution in [1.29, 1.82) is 0 Å². The number of rotatable bonds is 4. The topological polar surface area (TPSA) is 41.1 Å². The summed E-state index contributed by atoms with van der Waals surface area (Å²) in [6.45, 7) is 4.80. The van der Waals surface area contributed by atoms with Crippen LogP contribution in [0.15, 0.2) is 6.20 Å². The zero-order chi connectivity index (χ0) is 13.2. The molecule has 1 saturated heterocycles. The summed E-state index contributed by atoms with van der Waals surface area (Å²) in [5, 5.41) is 3.12. The zero-order valence-corrected chi connectivity index (χ0v) is 11.4. The molecule has 1 N–H and O–H groups in total. The van der Waals surface area contributed by atoms with Crippen LogP contribution in [-0.4, -0.2) is 29.6 Å². The highest BCUT2D eigenvalue weighted by molar-refractivity contribution is 5.45. The third kappa shape index (κ3) is 2.51. The van der Waals surface area contributed by atoms with Gasteiger partial charge in [0.25, 0.3) is 0 Å². The van der Waals surface area contributed by atoms with Gasteiger partial charge in [0, 0.05) is 19.6 Å². The van der Waals surface area contributed by atoms with Crippen molar-refractivity contribution in [2.45, 2.75) is 32.6 Å². The third-order valence-corrected chi connectivity index (χ3v) is 4.28. The van der Waals surface area contributed by atoms with E-state index in [1.165, 1.54) is 25.5 Å². The van der Waals surface area contributed by atoms with Crippen LogP contribution < -0.4 is 10.2 Å². The Morgan fingerprint density at radius 3 is 2.79 bits per heavy atom. The first-order valence-electron chi connectivity index (χ1n) is 7.29. The standard InChI is InChI=1S/C14H21FN4/c1-2-6-16-14-17-7-12(15)13(18-14)19-8-10-4-3-5-11(10)9-19/h7,10-11H,2-6,8-9H2,1H3,(H,16,17,18). The summed E-state index contributed by atoms with van der Waals surface area (Å²) >= 11 is 0. The lowest BCUT2D eigenvalue weighted by Crippen LogP contribution is -2.24. The van der Waals surface area contributed by atoms with Crippen molar-refractivity contribution in [3.8, 4) is 0 Å². The van der Waals surface area contributed by atoms with Gasteiger partial charge in [-0.2, -0.15) is 4.98 Å². The minimum absolute atomic E-state index is 0.304. The van der Waals surface area contributed by atoms with Crippen molar-refractivity contribution >= 4 is 11.8 Å². The van der Waals surface area contributed by atoms with Gasteiger partial charge in [0.1, 0.15) is 0 Å². The van der Waals surface area contributed by atoms with Gasteiger partial charge in [0.05, 0.1) is 6.20 Å². The van der Waals surface area contributed by atoms with Gasteiger partial charge in [0.2, 0.25) is 5.95 Å². The highest BCUT2D eigenvalue weighted by Gasteiger charge is 2.37. The smallest absolute Gasteiger partial charge is 0.224 e. The fourth-order valence-corrected chi connectivity index (χ4v) is 3.31. The number of hydrogen-bond acceptors (Lipinski definition) is 4. The molecule has 19 heavy (non-hydrogen) atoms. The van der Waals surface area contributed by atoms with E-state index in [0.717, 1.165) is 37.9 Å². The lowest BCUT2D eigenvalue weighted by Gasteiger charge is -2.19. The molecule has 2 atom stereocenters. The van der Waals surface area contributed by atoms with E-state index in [2.05, 4.69) is 27.1 Å². The molecule has 1 aromatic rings. The molecule has 3 rings (SSSR count). The van der Waals surface area contributed by atoms with Gasteiger partial charge in [0.15, 0.2) is 11.6 Å². The van der Waals surface area contributed by atoms with Crippen molar-refractivity contribution in [3.63, 3.8) is 0 Å². The number of nitrogens with zero attached hydrogens (tertiary/aromatic N) is 3. The largest absolute Gasteiger partial charge is 0.354 e. The molecule has 1 aliphatic carbocycles. The van der Waals surface area contributed by atoms with Crippen LogP contribution in [0.3, 0.4) is 0 Å². The SMILES string of the molecule is CCCNc1ncc(F)c(N2CC3CCCC3C2)n1. The minimum atomic E-state index is -0.304. The second-order valence-corrected chi connectivity index (χ2v) is 5.65. The first-order valence-corrected chi connectivity index (χ1v) is 7.29. The molecule has 0 radical (unpaired) electrons. The lowest BCUT2D eigenvalue weighted by molar-refractivity contribution is 0.494. The van der Waals surface area contributed by atoms with Crippen LogP contribution in [0.4, 0.5) is 16.2 Å². The van der Waals surface area contributed by atoms with E-state index in [1.807, 2.05) is 0 Å². The van der Waals surface area contributed by atoms with E-state index in [4.69, 9.17) is 0 Å². The number of halogens is 1. The van der Waals surface area contributed by atoms with Crippen LogP contribution in [-0.2, 0) is 0 Å². The molecule has 2 unspecified atom stereocenters. The van der Waals surface area contributed by atoms with E-state index < -0.39 is 0 Å². The van der Waals surface area contributed by atoms with Crippen LogP contribution >= 0.6 is 0 Å². The zero-order valence-electron chi connectivity index (χ0n) is 11.4. The van der Waals surface area contributed by atoms with Crippen LogP contribution in [0.2, 0.25) is 0 Å². The number of aromatic nitrogens is 2. The molecule has 0 aromatic carbocycles. The number of anilines is 2. The molecule has 1 aromatic heterocycles. The van der Waals surface area contributed by atoms with Crippen LogP contribution in [0.25, 0.3) is 0 Å². The molecule has 4 nitrogen and oxygen atoms in total. The molecular formula is C14H21FN4. The molecule has 104 valence electrons. The maximum absolute atomic E-state index is 13.9. The van der Waals surface area contributed by atoms with Crippen LogP contribution in [0, 0.1) is 17.7 Å². The maximum atomic E-state index is 13.9. The second kappa shape index (κ2) is 5.31. The Labute approximate surface area is 113 Å². The lowest BCUT2D eigenvalue weighted by atomic mass is 10.0. The normalized spacial score (nSPS) is 25.7. The van der Waals surface area contributed by atoms with E-state index >= 15 is 0 Å². The first-order chi connectivity index (χ1) is 9.28. The summed E-state index contributed by atoms with van der Waals surface area (Å²) in [7, 11) is 0. The molecule has 0 spiro atoms. The van der Waals surface area contributed by atoms with E-state index in [0.29, 0.717) is 11.8 Å². The monoisotopic (exact) mass is 264 g/mol. The molecule has 2 fully saturated rings. The number of nitrogens with one attached hydrogen (secondary N) is 1. The van der Waals surface area contributed by atoms with Gasteiger partial charge in [-0.25, -0.2) is 9.37 Å². The summed E-state index contributed by atoms with van der Waals surface area (Å²) in [5.41, 5.74) is 0. The van der Waals surface area contributed by atoms with Crippen LogP contribution in [0.1, 0.15) is 32.6 Å². The van der Waals surface area contributed by atoms with Crippen LogP contribution in [0.5, 0.6) is 0 Å². The first kappa shape index (κ1) is 12.6. The molecule has 0 amide bonds. The average molecular weight is 264 g/mol. The Kier molecular flexibility index (Phi) is 3.53. The summed E-state index contributed by atoms with van der Waals surface area (Å²) in [6, 6.07) is 0. The van der Waals surface area contributed by atoms with E-state index in [9.17, 15) is 4.39 Å². The summed E-state index contributed by atoms with van der Waals surface area (Å²) in [6.07, 6.45) is 6.20. The Morgan fingerprint density at radius 2 is 2.11 bits per heavy atom. The van der Waals surface area contributed by atoms with E-state index in [-0.39, 0.29) is 5.82 Å². The summed E-state index contributed by atoms with van der Waals surface area (Å²) in [5.74, 6) is 2.18. The Morgan fingerprint density at radius 1 is 1.37 bits per heavy atom. The molecule has 5 heteroatoms. The molecule has 1 aliphatic heterocycles. The van der Waals surface area contributed by atoms with Gasteiger partial charge in [-0.15, -0.1) is 0 Å². The quantitative estimate of drug-likeness (QED) is 0.907.